The van der Waals surface area contributed by atoms with Crippen molar-refractivity contribution in [1.29, 1.82) is 0 Å². The summed E-state index contributed by atoms with van der Waals surface area (Å²) < 4.78 is 5.98. The number of hydrogen-bond donors (Lipinski definition) is 1. The first-order valence-electron chi connectivity index (χ1n) is 7.20. The maximum atomic E-state index is 5.98. The molecule has 1 N–H and O–H groups in total. The van der Waals surface area contributed by atoms with Crippen LogP contribution in [0.3, 0.4) is 0 Å². The van der Waals surface area contributed by atoms with E-state index in [9.17, 15) is 0 Å². The van der Waals surface area contributed by atoms with E-state index in [1.807, 2.05) is 23.5 Å². The van der Waals surface area contributed by atoms with E-state index in [1.54, 1.807) is 0 Å². The van der Waals surface area contributed by atoms with E-state index >= 15 is 0 Å². The van der Waals surface area contributed by atoms with E-state index in [0.29, 0.717) is 12.6 Å². The molecule has 0 atom stereocenters. The zero-order valence-electron chi connectivity index (χ0n) is 12.5. The van der Waals surface area contributed by atoms with E-state index < -0.39 is 0 Å². The molecule has 0 radical (unpaired) electrons. The quantitative estimate of drug-likeness (QED) is 0.816. The highest BCUT2D eigenvalue weighted by Gasteiger charge is 2.05. The van der Waals surface area contributed by atoms with Crippen LogP contribution in [0.25, 0.3) is 0 Å². The summed E-state index contributed by atoms with van der Waals surface area (Å²) in [5, 5.41) is 3.44. The van der Waals surface area contributed by atoms with Gasteiger partial charge in [0.2, 0.25) is 0 Å². The summed E-state index contributed by atoms with van der Waals surface area (Å²) in [7, 11) is 0. The molecule has 1 aromatic heterocycles. The van der Waals surface area contributed by atoms with Crippen molar-refractivity contribution in [2.24, 2.45) is 0 Å². The van der Waals surface area contributed by atoms with Gasteiger partial charge in [0.15, 0.2) is 0 Å². The number of para-hydroxylation sites is 1. The molecular weight excluding hydrogens is 266 g/mol. The molecule has 0 spiro atoms. The maximum Gasteiger partial charge on any atom is 0.124 e. The van der Waals surface area contributed by atoms with Gasteiger partial charge in [-0.1, -0.05) is 39.0 Å². The molecule has 1 aromatic carbocycles. The molecule has 0 unspecified atom stereocenters. The molecule has 0 aliphatic rings. The van der Waals surface area contributed by atoms with Crippen LogP contribution >= 0.6 is 11.3 Å². The third kappa shape index (κ3) is 4.36. The predicted molar refractivity (Wildman–Crippen MR) is 86.4 cm³/mol. The van der Waals surface area contributed by atoms with E-state index in [2.05, 4.69) is 50.4 Å². The van der Waals surface area contributed by atoms with Gasteiger partial charge in [0.1, 0.15) is 12.4 Å². The number of rotatable bonds is 7. The zero-order chi connectivity index (χ0) is 14.4. The third-order valence-corrected chi connectivity index (χ3v) is 4.31. The lowest BCUT2D eigenvalue weighted by molar-refractivity contribution is 0.305. The molecule has 0 saturated carbocycles. The molecule has 0 amide bonds. The Morgan fingerprint density at radius 3 is 2.55 bits per heavy atom. The lowest BCUT2D eigenvalue weighted by Crippen LogP contribution is -2.22. The fraction of sp³-hybridized carbons (Fsp3) is 0.412. The second-order valence-electron chi connectivity index (χ2n) is 5.15. The molecule has 2 rings (SSSR count). The lowest BCUT2D eigenvalue weighted by Gasteiger charge is -2.13. The fourth-order valence-corrected chi connectivity index (χ4v) is 2.81. The third-order valence-electron chi connectivity index (χ3n) is 3.11. The molecule has 0 aliphatic heterocycles. The molecule has 1 heterocycles. The summed E-state index contributed by atoms with van der Waals surface area (Å²) in [5.41, 5.74) is 1.22. The Bertz CT molecular complexity index is 533. The number of thiophene rings is 1. The molecular formula is C17H23NOS. The number of ether oxygens (including phenoxy) is 1. The van der Waals surface area contributed by atoms with Crippen molar-refractivity contribution in [2.75, 3.05) is 0 Å². The summed E-state index contributed by atoms with van der Waals surface area (Å²) in [6.07, 6.45) is 1.10. The summed E-state index contributed by atoms with van der Waals surface area (Å²) in [6, 6.07) is 13.1. The first-order chi connectivity index (χ1) is 9.69. The highest BCUT2D eigenvalue weighted by Crippen LogP contribution is 2.22. The fourth-order valence-electron chi connectivity index (χ4n) is 1.94. The van der Waals surface area contributed by atoms with Crippen molar-refractivity contribution >= 4 is 11.3 Å². The van der Waals surface area contributed by atoms with Crippen molar-refractivity contribution in [3.05, 3.63) is 51.7 Å². The van der Waals surface area contributed by atoms with Gasteiger partial charge in [0, 0.05) is 27.9 Å². The molecule has 2 nitrogen and oxygen atoms in total. The van der Waals surface area contributed by atoms with Crippen molar-refractivity contribution in [2.45, 2.75) is 46.4 Å². The molecule has 108 valence electrons. The number of aryl methyl sites for hydroxylation is 1. The van der Waals surface area contributed by atoms with Gasteiger partial charge in [-0.3, -0.25) is 0 Å². The van der Waals surface area contributed by atoms with Gasteiger partial charge in [-0.15, -0.1) is 11.3 Å². The van der Waals surface area contributed by atoms with E-state index in [4.69, 9.17) is 4.74 Å². The first-order valence-corrected chi connectivity index (χ1v) is 8.02. The Kier molecular flexibility index (Phi) is 5.62. The Balaban J connectivity index is 1.97. The predicted octanol–water partition coefficient (Wildman–Crippen LogP) is 4.39. The second-order valence-corrected chi connectivity index (χ2v) is 6.41. The van der Waals surface area contributed by atoms with Crippen LogP contribution in [0, 0.1) is 0 Å². The van der Waals surface area contributed by atoms with Crippen LogP contribution in [0.2, 0.25) is 0 Å². The van der Waals surface area contributed by atoms with Gasteiger partial charge < -0.3 is 10.1 Å². The second kappa shape index (κ2) is 7.46. The minimum Gasteiger partial charge on any atom is -0.488 e. The highest BCUT2D eigenvalue weighted by molar-refractivity contribution is 7.11. The van der Waals surface area contributed by atoms with E-state index in [-0.39, 0.29) is 0 Å². The van der Waals surface area contributed by atoms with Crippen molar-refractivity contribution in [3.63, 3.8) is 0 Å². The van der Waals surface area contributed by atoms with Crippen LogP contribution in [0.1, 0.15) is 36.1 Å². The van der Waals surface area contributed by atoms with Crippen LogP contribution in [-0.4, -0.2) is 6.04 Å². The van der Waals surface area contributed by atoms with Gasteiger partial charge in [-0.25, -0.2) is 0 Å². The van der Waals surface area contributed by atoms with E-state index in [1.165, 1.54) is 15.3 Å². The van der Waals surface area contributed by atoms with Crippen molar-refractivity contribution in [3.8, 4) is 5.75 Å². The average molecular weight is 289 g/mol. The highest BCUT2D eigenvalue weighted by atomic mass is 32.1. The van der Waals surface area contributed by atoms with Gasteiger partial charge in [0.05, 0.1) is 0 Å². The van der Waals surface area contributed by atoms with E-state index in [0.717, 1.165) is 18.7 Å². The first kappa shape index (κ1) is 15.1. The summed E-state index contributed by atoms with van der Waals surface area (Å²) >= 11 is 1.84. The van der Waals surface area contributed by atoms with Gasteiger partial charge in [0.25, 0.3) is 0 Å². The zero-order valence-corrected chi connectivity index (χ0v) is 13.3. The standard InChI is InChI=1S/C17H23NOS/c1-4-15-9-10-16(20-15)12-19-17-8-6-5-7-14(17)11-18-13(2)3/h5-10,13,18H,4,11-12H2,1-3H3. The molecule has 0 saturated heterocycles. The SMILES string of the molecule is CCc1ccc(COc2ccccc2CNC(C)C)s1. The Morgan fingerprint density at radius 1 is 1.10 bits per heavy atom. The van der Waals surface area contributed by atoms with Crippen LogP contribution in [0.5, 0.6) is 5.75 Å². The summed E-state index contributed by atoms with van der Waals surface area (Å²) in [5.74, 6) is 0.979. The van der Waals surface area contributed by atoms with Crippen molar-refractivity contribution in [1.82, 2.24) is 5.32 Å². The van der Waals surface area contributed by atoms with Crippen LogP contribution < -0.4 is 10.1 Å². The lowest BCUT2D eigenvalue weighted by atomic mass is 10.2. The molecule has 3 heteroatoms. The summed E-state index contributed by atoms with van der Waals surface area (Å²) in [4.78, 5) is 2.70. The minimum atomic E-state index is 0.479. The minimum absolute atomic E-state index is 0.479. The Labute approximate surface area is 125 Å². The number of benzene rings is 1. The maximum absolute atomic E-state index is 5.98. The van der Waals surface area contributed by atoms with Gasteiger partial charge >= 0.3 is 0 Å². The van der Waals surface area contributed by atoms with Gasteiger partial charge in [-0.05, 0) is 24.6 Å². The molecule has 0 bridgehead atoms. The smallest absolute Gasteiger partial charge is 0.124 e. The molecule has 0 fully saturated rings. The number of nitrogens with one attached hydrogen (secondary N) is 1. The van der Waals surface area contributed by atoms with Crippen LogP contribution in [0.15, 0.2) is 36.4 Å². The molecule has 20 heavy (non-hydrogen) atoms. The Hall–Kier alpha value is -1.32. The normalized spacial score (nSPS) is 11.0. The molecule has 0 aliphatic carbocycles. The topological polar surface area (TPSA) is 21.3 Å². The largest absolute Gasteiger partial charge is 0.488 e. The monoisotopic (exact) mass is 289 g/mol. The Morgan fingerprint density at radius 2 is 1.85 bits per heavy atom. The van der Waals surface area contributed by atoms with Crippen LogP contribution in [0.4, 0.5) is 0 Å². The average Bonchev–Trinajstić information content (AvgIpc) is 2.91. The van der Waals surface area contributed by atoms with Crippen LogP contribution in [-0.2, 0) is 19.6 Å². The summed E-state index contributed by atoms with van der Waals surface area (Å²) in [6.45, 7) is 7.99. The number of hydrogen-bond acceptors (Lipinski definition) is 3. The van der Waals surface area contributed by atoms with Crippen molar-refractivity contribution < 1.29 is 4.74 Å². The molecule has 2 aromatic rings. The van der Waals surface area contributed by atoms with Gasteiger partial charge in [-0.2, -0.15) is 0 Å².